The number of hydrogen-bond acceptors (Lipinski definition) is 3. The van der Waals surface area contributed by atoms with Gasteiger partial charge in [0.05, 0.1) is 6.54 Å². The van der Waals surface area contributed by atoms with Crippen LogP contribution in [0.2, 0.25) is 0 Å². The van der Waals surface area contributed by atoms with Gasteiger partial charge in [-0.25, -0.2) is 4.98 Å². The molecule has 1 N–H and O–H groups in total. The Morgan fingerprint density at radius 1 is 1.60 bits per heavy atom. The highest BCUT2D eigenvalue weighted by atomic mass is 15.3. The Kier molecular flexibility index (Phi) is 2.01. The molecule has 1 aromatic rings. The summed E-state index contributed by atoms with van der Waals surface area (Å²) < 4.78 is 1.78. The minimum Gasteiger partial charge on any atom is -0.313 e. The van der Waals surface area contributed by atoms with E-state index in [0.717, 1.165) is 18.2 Å². The van der Waals surface area contributed by atoms with Crippen LogP contribution in [0.25, 0.3) is 0 Å². The maximum absolute atomic E-state index is 4.19. The Balaban J connectivity index is 2.81. The van der Waals surface area contributed by atoms with Gasteiger partial charge in [-0.1, -0.05) is 0 Å². The Hall–Kier alpha value is -0.900. The van der Waals surface area contributed by atoms with Gasteiger partial charge in [-0.3, -0.25) is 4.68 Å². The number of nitrogens with one attached hydrogen (secondary N) is 1. The summed E-state index contributed by atoms with van der Waals surface area (Å²) in [6, 6.07) is 0. The minimum absolute atomic E-state index is 0.775. The molecule has 0 amide bonds. The first-order chi connectivity index (χ1) is 4.74. The topological polar surface area (TPSA) is 42.7 Å². The lowest BCUT2D eigenvalue weighted by Gasteiger charge is -1.95. The van der Waals surface area contributed by atoms with Crippen molar-refractivity contribution in [1.29, 1.82) is 0 Å². The summed E-state index contributed by atoms with van der Waals surface area (Å²) in [6.07, 6.45) is 0. The van der Waals surface area contributed by atoms with E-state index in [1.165, 1.54) is 0 Å². The second-order valence-electron chi connectivity index (χ2n) is 2.23. The number of aryl methyl sites for hydroxylation is 2. The standard InChI is InChI=1S/C6H12N4/c1-5-8-6(4-7-2)10(3)9-5/h7H,4H2,1-3H3. The molecule has 0 saturated heterocycles. The first-order valence-corrected chi connectivity index (χ1v) is 3.25. The molecule has 0 radical (unpaired) electrons. The number of rotatable bonds is 2. The zero-order valence-electron chi connectivity index (χ0n) is 6.55. The fourth-order valence-corrected chi connectivity index (χ4v) is 0.868. The van der Waals surface area contributed by atoms with E-state index >= 15 is 0 Å². The molecule has 0 spiro atoms. The van der Waals surface area contributed by atoms with Crippen molar-refractivity contribution in [2.75, 3.05) is 7.05 Å². The highest BCUT2D eigenvalue weighted by molar-refractivity contribution is 4.89. The van der Waals surface area contributed by atoms with E-state index in [0.29, 0.717) is 0 Å². The molecular weight excluding hydrogens is 128 g/mol. The highest BCUT2D eigenvalue weighted by Gasteiger charge is 1.99. The molecule has 0 aliphatic heterocycles. The smallest absolute Gasteiger partial charge is 0.147 e. The van der Waals surface area contributed by atoms with Crippen molar-refractivity contribution in [3.05, 3.63) is 11.6 Å². The third-order valence-corrected chi connectivity index (χ3v) is 1.29. The monoisotopic (exact) mass is 140 g/mol. The van der Waals surface area contributed by atoms with E-state index in [-0.39, 0.29) is 0 Å². The van der Waals surface area contributed by atoms with Crippen LogP contribution in [-0.4, -0.2) is 21.8 Å². The van der Waals surface area contributed by atoms with E-state index in [9.17, 15) is 0 Å². The predicted octanol–water partition coefficient (Wildman–Crippen LogP) is -0.157. The summed E-state index contributed by atoms with van der Waals surface area (Å²) in [5, 5.41) is 7.11. The Bertz CT molecular complexity index is 216. The molecule has 0 atom stereocenters. The van der Waals surface area contributed by atoms with Crippen molar-refractivity contribution in [3.8, 4) is 0 Å². The van der Waals surface area contributed by atoms with Gasteiger partial charge in [0.15, 0.2) is 0 Å². The minimum atomic E-state index is 0.775. The summed E-state index contributed by atoms with van der Waals surface area (Å²) in [4.78, 5) is 4.19. The molecule has 10 heavy (non-hydrogen) atoms. The van der Waals surface area contributed by atoms with E-state index in [2.05, 4.69) is 15.4 Å². The van der Waals surface area contributed by atoms with Crippen molar-refractivity contribution in [3.63, 3.8) is 0 Å². The summed E-state index contributed by atoms with van der Waals surface area (Å²) in [5.41, 5.74) is 0. The van der Waals surface area contributed by atoms with Crippen molar-refractivity contribution >= 4 is 0 Å². The van der Waals surface area contributed by atoms with Crippen LogP contribution in [0.4, 0.5) is 0 Å². The lowest BCUT2D eigenvalue weighted by Crippen LogP contribution is -2.10. The Morgan fingerprint density at radius 2 is 2.30 bits per heavy atom. The Morgan fingerprint density at radius 3 is 2.70 bits per heavy atom. The van der Waals surface area contributed by atoms with Crippen LogP contribution < -0.4 is 5.32 Å². The van der Waals surface area contributed by atoms with Crippen LogP contribution in [0.3, 0.4) is 0 Å². The molecule has 56 valence electrons. The molecule has 0 saturated carbocycles. The van der Waals surface area contributed by atoms with Gasteiger partial charge in [0, 0.05) is 7.05 Å². The molecule has 0 fully saturated rings. The number of hydrogen-bond donors (Lipinski definition) is 1. The van der Waals surface area contributed by atoms with E-state index in [1.54, 1.807) is 4.68 Å². The third kappa shape index (κ3) is 1.33. The maximum atomic E-state index is 4.19. The lowest BCUT2D eigenvalue weighted by molar-refractivity contribution is 0.658. The fourth-order valence-electron chi connectivity index (χ4n) is 0.868. The molecule has 0 aliphatic carbocycles. The van der Waals surface area contributed by atoms with Gasteiger partial charge in [-0.15, -0.1) is 0 Å². The van der Waals surface area contributed by atoms with Gasteiger partial charge in [0.1, 0.15) is 11.6 Å². The van der Waals surface area contributed by atoms with Crippen LogP contribution in [-0.2, 0) is 13.6 Å². The van der Waals surface area contributed by atoms with Crippen molar-refractivity contribution in [2.24, 2.45) is 7.05 Å². The number of aromatic nitrogens is 3. The summed E-state index contributed by atoms with van der Waals surface area (Å²) in [7, 11) is 3.79. The van der Waals surface area contributed by atoms with Gasteiger partial charge in [-0.2, -0.15) is 5.10 Å². The summed E-state index contributed by atoms with van der Waals surface area (Å²) >= 11 is 0. The third-order valence-electron chi connectivity index (χ3n) is 1.29. The van der Waals surface area contributed by atoms with Gasteiger partial charge >= 0.3 is 0 Å². The first-order valence-electron chi connectivity index (χ1n) is 3.25. The maximum Gasteiger partial charge on any atom is 0.147 e. The quantitative estimate of drug-likeness (QED) is 0.621. The van der Waals surface area contributed by atoms with Gasteiger partial charge < -0.3 is 5.32 Å². The predicted molar refractivity (Wildman–Crippen MR) is 38.5 cm³/mol. The molecule has 1 aromatic heterocycles. The second-order valence-corrected chi connectivity index (χ2v) is 2.23. The van der Waals surface area contributed by atoms with E-state index < -0.39 is 0 Å². The summed E-state index contributed by atoms with van der Waals surface area (Å²) in [5.74, 6) is 1.80. The van der Waals surface area contributed by atoms with Crippen molar-refractivity contribution in [2.45, 2.75) is 13.5 Å². The molecular formula is C6H12N4. The molecule has 1 rings (SSSR count). The average Bonchev–Trinajstić information content (AvgIpc) is 2.13. The van der Waals surface area contributed by atoms with Crippen LogP contribution in [0.15, 0.2) is 0 Å². The van der Waals surface area contributed by atoms with Crippen LogP contribution in [0, 0.1) is 6.92 Å². The largest absolute Gasteiger partial charge is 0.313 e. The molecule has 0 aliphatic rings. The normalized spacial score (nSPS) is 10.3. The molecule has 0 aromatic carbocycles. The SMILES string of the molecule is CNCc1nc(C)nn1C. The zero-order chi connectivity index (χ0) is 7.56. The van der Waals surface area contributed by atoms with E-state index in [4.69, 9.17) is 0 Å². The number of nitrogens with zero attached hydrogens (tertiary/aromatic N) is 3. The van der Waals surface area contributed by atoms with Gasteiger partial charge in [0.2, 0.25) is 0 Å². The molecule has 4 heteroatoms. The highest BCUT2D eigenvalue weighted by Crippen LogP contribution is 1.92. The second kappa shape index (κ2) is 2.79. The van der Waals surface area contributed by atoms with Gasteiger partial charge in [0.25, 0.3) is 0 Å². The van der Waals surface area contributed by atoms with Gasteiger partial charge in [-0.05, 0) is 14.0 Å². The first kappa shape index (κ1) is 7.21. The van der Waals surface area contributed by atoms with E-state index in [1.807, 2.05) is 21.0 Å². The molecule has 4 nitrogen and oxygen atoms in total. The fraction of sp³-hybridized carbons (Fsp3) is 0.667. The van der Waals surface area contributed by atoms with Crippen LogP contribution >= 0.6 is 0 Å². The molecule has 0 unspecified atom stereocenters. The van der Waals surface area contributed by atoms with Crippen LogP contribution in [0.1, 0.15) is 11.6 Å². The van der Waals surface area contributed by atoms with Crippen LogP contribution in [0.5, 0.6) is 0 Å². The lowest BCUT2D eigenvalue weighted by atomic mass is 10.6. The summed E-state index contributed by atoms with van der Waals surface area (Å²) in [6.45, 7) is 2.66. The molecule has 0 bridgehead atoms. The van der Waals surface area contributed by atoms with Crippen molar-refractivity contribution < 1.29 is 0 Å². The van der Waals surface area contributed by atoms with Crippen molar-refractivity contribution in [1.82, 2.24) is 20.1 Å². The zero-order valence-corrected chi connectivity index (χ0v) is 6.55. The molecule has 1 heterocycles. The Labute approximate surface area is 60.3 Å². The average molecular weight is 140 g/mol.